The van der Waals surface area contributed by atoms with Crippen molar-refractivity contribution in [1.29, 1.82) is 0 Å². The Balaban J connectivity index is 1.35. The van der Waals surface area contributed by atoms with E-state index in [2.05, 4.69) is 27.4 Å². The van der Waals surface area contributed by atoms with E-state index in [4.69, 9.17) is 0 Å². The Kier molecular flexibility index (Phi) is 8.50. The summed E-state index contributed by atoms with van der Waals surface area (Å²) in [7, 11) is 0. The molecule has 0 unspecified atom stereocenters. The molecule has 0 saturated heterocycles. The van der Waals surface area contributed by atoms with Gasteiger partial charge in [0.15, 0.2) is 0 Å². The van der Waals surface area contributed by atoms with Gasteiger partial charge in [-0.25, -0.2) is 4.68 Å². The lowest BCUT2D eigenvalue weighted by Crippen LogP contribution is -2.52. The largest absolute Gasteiger partial charge is 0.362 e. The third kappa shape index (κ3) is 6.54. The van der Waals surface area contributed by atoms with Gasteiger partial charge >= 0.3 is 0 Å². The first-order chi connectivity index (χ1) is 21.4. The number of nitrogens with one attached hydrogen (secondary N) is 1. The number of aryl methyl sites for hydroxylation is 2. The summed E-state index contributed by atoms with van der Waals surface area (Å²) in [6, 6.07) is 27.4. The lowest BCUT2D eigenvalue weighted by molar-refractivity contribution is -0.144. The molecule has 222 valence electrons. The van der Waals surface area contributed by atoms with Crippen LogP contribution in [0.2, 0.25) is 0 Å². The number of amides is 2. The highest BCUT2D eigenvalue weighted by atomic mass is 16.2. The molecule has 1 aliphatic heterocycles. The molecule has 3 aromatic carbocycles. The molecule has 1 atom stereocenters. The second-order valence-corrected chi connectivity index (χ2v) is 11.3. The van der Waals surface area contributed by atoms with Crippen LogP contribution in [0.25, 0.3) is 11.8 Å². The van der Waals surface area contributed by atoms with E-state index < -0.39 is 6.04 Å². The van der Waals surface area contributed by atoms with Crippen LogP contribution in [0.1, 0.15) is 39.2 Å². The molecule has 0 radical (unpaired) electrons. The van der Waals surface area contributed by atoms with E-state index in [9.17, 15) is 9.59 Å². The Morgan fingerprint density at radius 1 is 0.955 bits per heavy atom. The van der Waals surface area contributed by atoms with Crippen molar-refractivity contribution < 1.29 is 9.59 Å². The molecule has 0 saturated carbocycles. The number of carbonyl (C=O) groups excluding carboxylic acids is 2. The van der Waals surface area contributed by atoms with Gasteiger partial charge in [0.2, 0.25) is 11.8 Å². The average Bonchev–Trinajstić information content (AvgIpc) is 3.71. The maximum Gasteiger partial charge on any atom is 0.247 e. The summed E-state index contributed by atoms with van der Waals surface area (Å²) in [5.41, 5.74) is 8.19. The van der Waals surface area contributed by atoms with Gasteiger partial charge in [0, 0.05) is 43.5 Å². The van der Waals surface area contributed by atoms with Crippen LogP contribution in [0.5, 0.6) is 0 Å². The van der Waals surface area contributed by atoms with Crippen molar-refractivity contribution in [2.45, 2.75) is 45.8 Å². The van der Waals surface area contributed by atoms with Gasteiger partial charge in [-0.05, 0) is 72.4 Å². The third-order valence-electron chi connectivity index (χ3n) is 8.23. The quantitative estimate of drug-likeness (QED) is 0.234. The summed E-state index contributed by atoms with van der Waals surface area (Å²) in [4.78, 5) is 35.6. The minimum atomic E-state index is -0.691. The van der Waals surface area contributed by atoms with Gasteiger partial charge < -0.3 is 14.8 Å². The first kappa shape index (κ1) is 28.9. The number of carbonyl (C=O) groups is 2. The molecule has 8 heteroatoms. The van der Waals surface area contributed by atoms with Gasteiger partial charge in [-0.15, -0.1) is 5.10 Å². The van der Waals surface area contributed by atoms with Crippen molar-refractivity contribution in [2.24, 2.45) is 0 Å². The molecule has 0 spiro atoms. The van der Waals surface area contributed by atoms with Crippen LogP contribution < -0.4 is 0 Å². The predicted molar refractivity (Wildman–Crippen MR) is 171 cm³/mol. The molecule has 8 nitrogen and oxygen atoms in total. The van der Waals surface area contributed by atoms with Crippen molar-refractivity contribution >= 4 is 17.9 Å². The number of aromatic nitrogens is 4. The number of hydrogen-bond donors (Lipinski definition) is 1. The standard InChI is InChI=1S/C36H36N6O2/c1-26-22-31(27(2)38-26)14-17-35(43)41(24-29-12-15-33(16-13-29)42-21-19-37-39-42)34(23-28-8-4-3-5-9-28)36(44)40-20-18-30-10-6-7-11-32(30)25-40/h3-17,19,21-22,34,38H,18,20,23-25H2,1-2H3/t34-/m0/s1. The average molecular weight is 585 g/mol. The Hall–Kier alpha value is -5.24. The van der Waals surface area contributed by atoms with E-state index in [1.807, 2.05) is 97.6 Å². The van der Waals surface area contributed by atoms with E-state index in [0.717, 1.165) is 45.7 Å². The van der Waals surface area contributed by atoms with Gasteiger partial charge in [-0.1, -0.05) is 71.9 Å². The molecule has 1 N–H and O–H groups in total. The van der Waals surface area contributed by atoms with Crippen molar-refractivity contribution in [3.05, 3.63) is 143 Å². The fourth-order valence-corrected chi connectivity index (χ4v) is 5.88. The summed E-state index contributed by atoms with van der Waals surface area (Å²) in [6.07, 6.45) is 8.05. The zero-order valence-corrected chi connectivity index (χ0v) is 25.1. The van der Waals surface area contributed by atoms with Crippen LogP contribution in [0.4, 0.5) is 0 Å². The fraction of sp³-hybridized carbons (Fsp3) is 0.222. The predicted octanol–water partition coefficient (Wildman–Crippen LogP) is 5.45. The first-order valence-electron chi connectivity index (χ1n) is 14.9. The molecule has 2 amide bonds. The molecule has 6 rings (SSSR count). The SMILES string of the molecule is Cc1cc(C=CC(=O)N(Cc2ccc(-n3ccnn3)cc2)[C@@H](Cc2ccccc2)C(=O)N2CCc3ccccc3C2)c(C)[nH]1. The maximum absolute atomic E-state index is 14.5. The number of nitrogens with zero attached hydrogens (tertiary/aromatic N) is 5. The lowest BCUT2D eigenvalue weighted by atomic mass is 9.97. The zero-order chi connectivity index (χ0) is 30.5. The van der Waals surface area contributed by atoms with Crippen LogP contribution in [0, 0.1) is 13.8 Å². The molecule has 2 aromatic heterocycles. The fourth-order valence-electron chi connectivity index (χ4n) is 5.88. The highest BCUT2D eigenvalue weighted by Crippen LogP contribution is 2.23. The van der Waals surface area contributed by atoms with Crippen LogP contribution in [0.15, 0.2) is 103 Å². The Labute approximate surface area is 257 Å². The summed E-state index contributed by atoms with van der Waals surface area (Å²) >= 11 is 0. The van der Waals surface area contributed by atoms with Gasteiger partial charge in [0.1, 0.15) is 6.04 Å². The number of hydrogen-bond acceptors (Lipinski definition) is 4. The minimum Gasteiger partial charge on any atom is -0.362 e. The van der Waals surface area contributed by atoms with E-state index in [1.165, 1.54) is 5.56 Å². The number of aromatic amines is 1. The van der Waals surface area contributed by atoms with Crippen molar-refractivity contribution in [2.75, 3.05) is 6.54 Å². The smallest absolute Gasteiger partial charge is 0.247 e. The van der Waals surface area contributed by atoms with Crippen molar-refractivity contribution in [3.63, 3.8) is 0 Å². The molecular formula is C36H36N6O2. The van der Waals surface area contributed by atoms with Crippen molar-refractivity contribution in [1.82, 2.24) is 29.8 Å². The highest BCUT2D eigenvalue weighted by Gasteiger charge is 2.34. The van der Waals surface area contributed by atoms with Crippen LogP contribution in [-0.2, 0) is 35.5 Å². The second kappa shape index (κ2) is 13.0. The van der Waals surface area contributed by atoms with E-state index >= 15 is 0 Å². The number of benzene rings is 3. The zero-order valence-electron chi connectivity index (χ0n) is 25.1. The highest BCUT2D eigenvalue weighted by molar-refractivity contribution is 5.96. The van der Waals surface area contributed by atoms with Crippen LogP contribution >= 0.6 is 0 Å². The number of H-pyrrole nitrogens is 1. The molecule has 0 aliphatic carbocycles. The Morgan fingerprint density at radius 2 is 1.70 bits per heavy atom. The van der Waals surface area contributed by atoms with Gasteiger partial charge in [0.25, 0.3) is 0 Å². The topological polar surface area (TPSA) is 87.1 Å². The number of fused-ring (bicyclic) bond motifs is 1. The second-order valence-electron chi connectivity index (χ2n) is 11.3. The van der Waals surface area contributed by atoms with Crippen molar-refractivity contribution in [3.8, 4) is 5.69 Å². The summed E-state index contributed by atoms with van der Waals surface area (Å²) in [6.45, 7) is 5.41. The van der Waals surface area contributed by atoms with Gasteiger partial charge in [-0.2, -0.15) is 0 Å². The molecule has 0 fully saturated rings. The summed E-state index contributed by atoms with van der Waals surface area (Å²) in [5.74, 6) is -0.256. The van der Waals surface area contributed by atoms with E-state index in [0.29, 0.717) is 19.5 Å². The molecule has 0 bridgehead atoms. The molecular weight excluding hydrogens is 548 g/mol. The van der Waals surface area contributed by atoms with Crippen LogP contribution in [0.3, 0.4) is 0 Å². The summed E-state index contributed by atoms with van der Waals surface area (Å²) in [5, 5.41) is 7.97. The van der Waals surface area contributed by atoms with E-state index in [-0.39, 0.29) is 18.4 Å². The number of rotatable bonds is 9. The normalized spacial score (nSPS) is 13.5. The van der Waals surface area contributed by atoms with E-state index in [1.54, 1.807) is 28.1 Å². The van der Waals surface area contributed by atoms with Gasteiger partial charge in [-0.3, -0.25) is 9.59 Å². The summed E-state index contributed by atoms with van der Waals surface area (Å²) < 4.78 is 1.69. The van der Waals surface area contributed by atoms with Gasteiger partial charge in [0.05, 0.1) is 18.1 Å². The Morgan fingerprint density at radius 3 is 2.41 bits per heavy atom. The molecule has 3 heterocycles. The molecule has 1 aliphatic rings. The maximum atomic E-state index is 14.5. The first-order valence-corrected chi connectivity index (χ1v) is 14.9. The monoisotopic (exact) mass is 584 g/mol. The Bertz CT molecular complexity index is 1760. The lowest BCUT2D eigenvalue weighted by Gasteiger charge is -2.37. The molecule has 44 heavy (non-hydrogen) atoms. The molecule has 5 aromatic rings. The minimum absolute atomic E-state index is 0.0435. The van der Waals surface area contributed by atoms with Crippen LogP contribution in [-0.4, -0.2) is 54.2 Å². The third-order valence-corrected chi connectivity index (χ3v) is 8.23.